The summed E-state index contributed by atoms with van der Waals surface area (Å²) in [4.78, 5) is 12.1. The molecular weight excluding hydrogens is 244 g/mol. The number of Topliss-reactive ketones (excluding diaryl/α,β-unsaturated/α-hetero) is 1. The van der Waals surface area contributed by atoms with E-state index in [9.17, 15) is 4.79 Å². The molecule has 0 spiro atoms. The summed E-state index contributed by atoms with van der Waals surface area (Å²) in [6, 6.07) is 10.3. The van der Waals surface area contributed by atoms with Gasteiger partial charge in [0.05, 0.1) is 0 Å². The summed E-state index contributed by atoms with van der Waals surface area (Å²) < 4.78 is 0. The smallest absolute Gasteiger partial charge is 0.136 e. The van der Waals surface area contributed by atoms with Crippen molar-refractivity contribution in [2.75, 3.05) is 0 Å². The highest BCUT2D eigenvalue weighted by molar-refractivity contribution is 5.82. The molecule has 1 nitrogen and oxygen atoms in total. The molecule has 1 saturated carbocycles. The van der Waals surface area contributed by atoms with Gasteiger partial charge >= 0.3 is 0 Å². The number of carbonyl (C=O) groups is 1. The largest absolute Gasteiger partial charge is 0.299 e. The van der Waals surface area contributed by atoms with Crippen molar-refractivity contribution in [1.29, 1.82) is 0 Å². The highest BCUT2D eigenvalue weighted by atomic mass is 16.1. The van der Waals surface area contributed by atoms with Crippen LogP contribution in [0.2, 0.25) is 0 Å². The van der Waals surface area contributed by atoms with E-state index in [1.807, 2.05) is 18.2 Å². The summed E-state index contributed by atoms with van der Waals surface area (Å²) in [7, 11) is 0. The molecule has 1 aliphatic rings. The highest BCUT2D eigenvalue weighted by Gasteiger charge is 2.34. The summed E-state index contributed by atoms with van der Waals surface area (Å²) in [5.74, 6) is 1.37. The van der Waals surface area contributed by atoms with Gasteiger partial charge in [-0.3, -0.25) is 4.79 Å². The Hall–Kier alpha value is -1.37. The van der Waals surface area contributed by atoms with Crippen LogP contribution in [-0.4, -0.2) is 5.78 Å². The number of hydrogen-bond acceptors (Lipinski definition) is 1. The lowest BCUT2D eigenvalue weighted by Gasteiger charge is -2.36. The van der Waals surface area contributed by atoms with E-state index in [2.05, 4.69) is 45.1 Å². The summed E-state index contributed by atoms with van der Waals surface area (Å²) in [5.41, 5.74) is 1.53. The van der Waals surface area contributed by atoms with E-state index in [4.69, 9.17) is 0 Å². The molecule has 0 amide bonds. The minimum absolute atomic E-state index is 0.230. The third-order valence-electron chi connectivity index (χ3n) is 4.52. The highest BCUT2D eigenvalue weighted by Crippen LogP contribution is 2.39. The zero-order chi connectivity index (χ0) is 14.6. The summed E-state index contributed by atoms with van der Waals surface area (Å²) >= 11 is 0. The maximum Gasteiger partial charge on any atom is 0.136 e. The molecule has 1 fully saturated rings. The van der Waals surface area contributed by atoms with Gasteiger partial charge in [-0.2, -0.15) is 0 Å². The normalized spacial score (nSPS) is 24.2. The second kappa shape index (κ2) is 6.39. The molecule has 0 saturated heterocycles. The first-order chi connectivity index (χ1) is 9.47. The number of ketones is 1. The average Bonchev–Trinajstić information content (AvgIpc) is 2.41. The Morgan fingerprint density at radius 3 is 2.55 bits per heavy atom. The van der Waals surface area contributed by atoms with Crippen molar-refractivity contribution in [3.05, 3.63) is 42.0 Å². The zero-order valence-corrected chi connectivity index (χ0v) is 12.9. The van der Waals surface area contributed by atoms with Crippen molar-refractivity contribution < 1.29 is 4.79 Å². The van der Waals surface area contributed by atoms with Crippen LogP contribution in [0.5, 0.6) is 0 Å². The SMILES string of the molecule is CC(C)(C)[C@H]1CCC(=O)[C@@H](C/C=C/c2ccccc2)C1. The fourth-order valence-corrected chi connectivity index (χ4v) is 3.06. The van der Waals surface area contributed by atoms with Crippen molar-refractivity contribution in [2.45, 2.75) is 46.5 Å². The van der Waals surface area contributed by atoms with E-state index < -0.39 is 0 Å². The number of rotatable bonds is 3. The van der Waals surface area contributed by atoms with Gasteiger partial charge < -0.3 is 0 Å². The zero-order valence-electron chi connectivity index (χ0n) is 12.9. The molecule has 0 unspecified atom stereocenters. The third-order valence-corrected chi connectivity index (χ3v) is 4.52. The molecule has 0 bridgehead atoms. The number of allylic oxidation sites excluding steroid dienone is 1. The van der Waals surface area contributed by atoms with Gasteiger partial charge in [-0.25, -0.2) is 0 Å². The monoisotopic (exact) mass is 270 g/mol. The standard InChI is InChI=1S/C19H26O/c1-19(2,3)17-12-13-18(20)16(14-17)11-7-10-15-8-5-4-6-9-15/h4-10,16-17H,11-14H2,1-3H3/b10-7+/t16-,17-/m0/s1. The van der Waals surface area contributed by atoms with E-state index in [1.54, 1.807) is 0 Å². The second-order valence-corrected chi connectivity index (χ2v) is 7.05. The van der Waals surface area contributed by atoms with Crippen LogP contribution in [0.25, 0.3) is 6.08 Å². The van der Waals surface area contributed by atoms with Crippen molar-refractivity contribution >= 4 is 11.9 Å². The number of benzene rings is 1. The molecule has 0 radical (unpaired) electrons. The quantitative estimate of drug-likeness (QED) is 0.745. The molecule has 108 valence electrons. The second-order valence-electron chi connectivity index (χ2n) is 7.05. The first-order valence-corrected chi connectivity index (χ1v) is 7.71. The molecule has 0 heterocycles. The Kier molecular flexibility index (Phi) is 4.80. The van der Waals surface area contributed by atoms with Gasteiger partial charge in [-0.15, -0.1) is 0 Å². The lowest BCUT2D eigenvalue weighted by Crippen LogP contribution is -2.31. The molecule has 2 rings (SSSR count). The van der Waals surface area contributed by atoms with Crippen LogP contribution >= 0.6 is 0 Å². The van der Waals surface area contributed by atoms with E-state index >= 15 is 0 Å². The van der Waals surface area contributed by atoms with Crippen molar-refractivity contribution in [1.82, 2.24) is 0 Å². The van der Waals surface area contributed by atoms with Crippen molar-refractivity contribution in [2.24, 2.45) is 17.3 Å². The van der Waals surface area contributed by atoms with Crippen LogP contribution < -0.4 is 0 Å². The van der Waals surface area contributed by atoms with Crippen LogP contribution in [0.15, 0.2) is 36.4 Å². The van der Waals surface area contributed by atoms with Gasteiger partial charge in [0.15, 0.2) is 0 Å². The summed E-state index contributed by atoms with van der Waals surface area (Å²) in [6.07, 6.45) is 8.09. The molecule has 0 aromatic heterocycles. The first kappa shape index (κ1) is 15.0. The Bertz CT molecular complexity index is 464. The van der Waals surface area contributed by atoms with Crippen LogP contribution in [-0.2, 0) is 4.79 Å². The fourth-order valence-electron chi connectivity index (χ4n) is 3.06. The lowest BCUT2D eigenvalue weighted by atomic mass is 9.68. The molecule has 0 N–H and O–H groups in total. The Morgan fingerprint density at radius 2 is 1.90 bits per heavy atom. The van der Waals surface area contributed by atoms with Gasteiger partial charge in [-0.1, -0.05) is 63.3 Å². The van der Waals surface area contributed by atoms with Crippen molar-refractivity contribution in [3.63, 3.8) is 0 Å². The van der Waals surface area contributed by atoms with Gasteiger partial charge in [0, 0.05) is 12.3 Å². The summed E-state index contributed by atoms with van der Waals surface area (Å²) in [6.45, 7) is 6.89. The Morgan fingerprint density at radius 1 is 1.20 bits per heavy atom. The Balaban J connectivity index is 1.94. The summed E-state index contributed by atoms with van der Waals surface area (Å²) in [5, 5.41) is 0. The molecule has 20 heavy (non-hydrogen) atoms. The maximum absolute atomic E-state index is 12.1. The maximum atomic E-state index is 12.1. The van der Waals surface area contributed by atoms with Crippen molar-refractivity contribution in [3.8, 4) is 0 Å². The van der Waals surface area contributed by atoms with Crippen LogP contribution in [0, 0.1) is 17.3 Å². The fraction of sp³-hybridized carbons (Fsp3) is 0.526. The predicted octanol–water partition coefficient (Wildman–Crippen LogP) is 5.12. The van der Waals surface area contributed by atoms with Crippen LogP contribution in [0.3, 0.4) is 0 Å². The van der Waals surface area contributed by atoms with Crippen LogP contribution in [0.4, 0.5) is 0 Å². The number of hydrogen-bond donors (Lipinski definition) is 0. The Labute approximate surface area is 123 Å². The van der Waals surface area contributed by atoms with Gasteiger partial charge in [0.2, 0.25) is 0 Å². The van der Waals surface area contributed by atoms with Gasteiger partial charge in [-0.05, 0) is 36.2 Å². The topological polar surface area (TPSA) is 17.1 Å². The lowest BCUT2D eigenvalue weighted by molar-refractivity contribution is -0.126. The van der Waals surface area contributed by atoms with E-state index in [-0.39, 0.29) is 5.92 Å². The minimum Gasteiger partial charge on any atom is -0.299 e. The molecule has 1 aromatic carbocycles. The molecule has 1 heteroatoms. The molecule has 1 aliphatic carbocycles. The molecular formula is C19H26O. The van der Waals surface area contributed by atoms with Gasteiger partial charge in [0.1, 0.15) is 5.78 Å². The molecule has 2 atom stereocenters. The van der Waals surface area contributed by atoms with E-state index in [1.165, 1.54) is 5.56 Å². The molecule has 0 aliphatic heterocycles. The van der Waals surface area contributed by atoms with E-state index in [0.29, 0.717) is 17.1 Å². The number of carbonyl (C=O) groups excluding carboxylic acids is 1. The van der Waals surface area contributed by atoms with Crippen LogP contribution in [0.1, 0.15) is 52.0 Å². The van der Waals surface area contributed by atoms with E-state index in [0.717, 1.165) is 25.7 Å². The first-order valence-electron chi connectivity index (χ1n) is 7.71. The predicted molar refractivity (Wildman–Crippen MR) is 85.4 cm³/mol. The molecule has 1 aromatic rings. The minimum atomic E-state index is 0.230. The third kappa shape index (κ3) is 4.06. The van der Waals surface area contributed by atoms with Gasteiger partial charge in [0.25, 0.3) is 0 Å². The average molecular weight is 270 g/mol.